The molecule has 4 aromatic rings. The molecule has 0 aliphatic heterocycles. The maximum Gasteiger partial charge on any atom is 0.327 e. The first-order valence-corrected chi connectivity index (χ1v) is 14.2. The molecule has 0 spiro atoms. The summed E-state index contributed by atoms with van der Waals surface area (Å²) in [7, 11) is -3.11. The van der Waals surface area contributed by atoms with Gasteiger partial charge in [0.1, 0.15) is 17.2 Å². The second kappa shape index (κ2) is 10.9. The summed E-state index contributed by atoms with van der Waals surface area (Å²) in [5, 5.41) is 5.52. The number of nitrogens with one attached hydrogen (secondary N) is 2. The molecule has 0 atom stereocenters. The Bertz CT molecular complexity index is 1740. The molecule has 2 amide bonds. The zero-order chi connectivity index (χ0) is 30.3. The number of furan rings is 1. The van der Waals surface area contributed by atoms with E-state index < -0.39 is 45.4 Å². The molecule has 1 aromatic heterocycles. The number of amides is 2. The molecule has 0 saturated heterocycles. The van der Waals surface area contributed by atoms with E-state index in [9.17, 15) is 31.2 Å². The number of halogens is 3. The number of rotatable bonds is 7. The molecule has 0 saturated carbocycles. The fourth-order valence-electron chi connectivity index (χ4n) is 4.37. The highest BCUT2D eigenvalue weighted by atomic mass is 32.2. The van der Waals surface area contributed by atoms with Crippen molar-refractivity contribution in [1.29, 1.82) is 0 Å². The molecule has 3 aromatic carbocycles. The van der Waals surface area contributed by atoms with Crippen molar-refractivity contribution < 1.29 is 35.6 Å². The fourth-order valence-corrected chi connectivity index (χ4v) is 5.17. The Morgan fingerprint density at radius 1 is 0.951 bits per heavy atom. The van der Waals surface area contributed by atoms with E-state index in [1.165, 1.54) is 61.6 Å². The van der Waals surface area contributed by atoms with E-state index >= 15 is 0 Å². The first kappa shape index (κ1) is 29.7. The molecular weight excluding hydrogens is 559 g/mol. The number of carbonyl (C=O) groups excluding carboxylic acids is 2. The monoisotopic (exact) mass is 587 g/mol. The van der Waals surface area contributed by atoms with E-state index in [4.69, 9.17) is 4.42 Å². The van der Waals surface area contributed by atoms with Crippen LogP contribution in [0.15, 0.2) is 65.1 Å². The average Bonchev–Trinajstić information content (AvgIpc) is 3.24. The summed E-state index contributed by atoms with van der Waals surface area (Å²) in [6, 6.07) is 13.6. The molecule has 4 rings (SSSR count). The average molecular weight is 588 g/mol. The molecule has 2 N–H and O–H groups in total. The molecule has 0 radical (unpaired) electrons. The number of hydrogen-bond donors (Lipinski definition) is 2. The van der Waals surface area contributed by atoms with Crippen LogP contribution in [-0.4, -0.2) is 45.6 Å². The Balaban J connectivity index is 2.06. The summed E-state index contributed by atoms with van der Waals surface area (Å²) in [6.07, 6.45) is 0.641. The van der Waals surface area contributed by atoms with Crippen molar-refractivity contribution in [3.8, 4) is 22.5 Å². The van der Waals surface area contributed by atoms with Crippen molar-refractivity contribution in [3.05, 3.63) is 77.6 Å². The largest absolute Gasteiger partial charge is 0.455 e. The van der Waals surface area contributed by atoms with Crippen LogP contribution in [-0.2, 0) is 10.0 Å². The van der Waals surface area contributed by atoms with Crippen LogP contribution in [0, 0.1) is 5.82 Å². The van der Waals surface area contributed by atoms with Gasteiger partial charge in [0.15, 0.2) is 0 Å². The summed E-state index contributed by atoms with van der Waals surface area (Å²) >= 11 is 0. The van der Waals surface area contributed by atoms with E-state index in [0.29, 0.717) is 11.8 Å². The highest BCUT2D eigenvalue weighted by Gasteiger charge is 2.32. The predicted octanol–water partition coefficient (Wildman–Crippen LogP) is 5.78. The zero-order valence-corrected chi connectivity index (χ0v) is 23.7. The number of benzene rings is 3. The van der Waals surface area contributed by atoms with Crippen LogP contribution in [0.2, 0.25) is 0 Å². The lowest BCUT2D eigenvalue weighted by molar-refractivity contribution is 0.0918. The van der Waals surface area contributed by atoms with Crippen LogP contribution >= 0.6 is 0 Å². The minimum absolute atomic E-state index is 0.00485. The number of sulfonamides is 1. The van der Waals surface area contributed by atoms with Gasteiger partial charge >= 0.3 is 6.55 Å². The SMILES string of the molecule is CNC(=O)c1c(-c2ccc(F)cc2)oc2cc(N(C(F)F)S(C)(=O)=O)c(-c3cccc(C(=O)NC(C)(C)C)c3)cc12. The van der Waals surface area contributed by atoms with Crippen molar-refractivity contribution in [1.82, 2.24) is 10.6 Å². The van der Waals surface area contributed by atoms with Crippen LogP contribution < -0.4 is 14.9 Å². The summed E-state index contributed by atoms with van der Waals surface area (Å²) in [4.78, 5) is 25.9. The maximum atomic E-state index is 14.3. The van der Waals surface area contributed by atoms with Gasteiger partial charge in [0, 0.05) is 40.7 Å². The summed E-state index contributed by atoms with van der Waals surface area (Å²) in [5.41, 5.74) is -0.225. The number of carbonyl (C=O) groups is 2. The second-order valence-electron chi connectivity index (χ2n) is 10.4. The number of anilines is 1. The zero-order valence-electron chi connectivity index (χ0n) is 22.9. The van der Waals surface area contributed by atoms with Gasteiger partial charge in [-0.15, -0.1) is 0 Å². The summed E-state index contributed by atoms with van der Waals surface area (Å²) < 4.78 is 73.2. The van der Waals surface area contributed by atoms with Crippen molar-refractivity contribution in [2.45, 2.75) is 32.9 Å². The lowest BCUT2D eigenvalue weighted by Crippen LogP contribution is -2.40. The molecule has 0 fully saturated rings. The third kappa shape index (κ3) is 6.22. The smallest absolute Gasteiger partial charge is 0.327 e. The first-order chi connectivity index (χ1) is 19.1. The maximum absolute atomic E-state index is 14.3. The fraction of sp³-hybridized carbons (Fsp3) is 0.241. The Morgan fingerprint density at radius 2 is 1.61 bits per heavy atom. The third-order valence-electron chi connectivity index (χ3n) is 6.06. The van der Waals surface area contributed by atoms with Gasteiger partial charge < -0.3 is 15.1 Å². The minimum Gasteiger partial charge on any atom is -0.455 e. The standard InChI is InChI=1S/C29H28F3N3O5S/c1-29(2,3)34-26(36)18-8-6-7-17(13-18)20-14-21-23(15-22(20)35(28(31)32)41(5,38)39)40-25(24(21)27(37)33-4)16-9-11-19(30)12-10-16/h6-15,28H,1-5H3,(H,33,37)(H,34,36). The number of hydrogen-bond acceptors (Lipinski definition) is 5. The van der Waals surface area contributed by atoms with Gasteiger partial charge in [-0.2, -0.15) is 8.78 Å². The summed E-state index contributed by atoms with van der Waals surface area (Å²) in [6.45, 7) is 1.93. The van der Waals surface area contributed by atoms with E-state index in [1.807, 2.05) is 0 Å². The molecule has 8 nitrogen and oxygen atoms in total. The van der Waals surface area contributed by atoms with Gasteiger partial charge in [-0.25, -0.2) is 17.1 Å². The lowest BCUT2D eigenvalue weighted by atomic mass is 9.97. The number of nitrogens with zero attached hydrogens (tertiary/aromatic N) is 1. The Hall–Kier alpha value is -4.32. The number of fused-ring (bicyclic) bond motifs is 1. The first-order valence-electron chi connectivity index (χ1n) is 12.4. The third-order valence-corrected chi connectivity index (χ3v) is 7.13. The van der Waals surface area contributed by atoms with Gasteiger partial charge in [-0.05, 0) is 68.8 Å². The van der Waals surface area contributed by atoms with Crippen molar-refractivity contribution >= 4 is 38.5 Å². The van der Waals surface area contributed by atoms with Crippen LogP contribution in [0.4, 0.5) is 18.9 Å². The van der Waals surface area contributed by atoms with Crippen LogP contribution in [0.25, 0.3) is 33.4 Å². The normalized spacial score (nSPS) is 12.0. The number of alkyl halides is 2. The molecule has 1 heterocycles. The van der Waals surface area contributed by atoms with E-state index in [2.05, 4.69) is 10.6 Å². The summed E-state index contributed by atoms with van der Waals surface area (Å²) in [5.74, 6) is -1.49. The highest BCUT2D eigenvalue weighted by Crippen LogP contribution is 2.42. The highest BCUT2D eigenvalue weighted by molar-refractivity contribution is 7.92. The Labute approximate surface area is 235 Å². The van der Waals surface area contributed by atoms with Gasteiger partial charge in [0.05, 0.1) is 17.5 Å². The Morgan fingerprint density at radius 3 is 2.17 bits per heavy atom. The molecule has 41 heavy (non-hydrogen) atoms. The van der Waals surface area contributed by atoms with Crippen LogP contribution in [0.3, 0.4) is 0 Å². The second-order valence-corrected chi connectivity index (χ2v) is 12.2. The quantitative estimate of drug-likeness (QED) is 0.267. The van der Waals surface area contributed by atoms with E-state index in [-0.39, 0.29) is 43.3 Å². The van der Waals surface area contributed by atoms with E-state index in [1.54, 1.807) is 20.8 Å². The van der Waals surface area contributed by atoms with Gasteiger partial charge in [0.2, 0.25) is 10.0 Å². The molecule has 12 heteroatoms. The minimum atomic E-state index is -4.51. The lowest BCUT2D eigenvalue weighted by Gasteiger charge is -2.24. The predicted molar refractivity (Wildman–Crippen MR) is 151 cm³/mol. The molecule has 216 valence electrons. The van der Waals surface area contributed by atoms with Gasteiger partial charge in [-0.1, -0.05) is 12.1 Å². The molecule has 0 bridgehead atoms. The topological polar surface area (TPSA) is 109 Å². The van der Waals surface area contributed by atoms with Crippen molar-refractivity contribution in [2.75, 3.05) is 17.6 Å². The molecule has 0 aliphatic rings. The van der Waals surface area contributed by atoms with Crippen LogP contribution in [0.1, 0.15) is 41.5 Å². The van der Waals surface area contributed by atoms with Crippen LogP contribution in [0.5, 0.6) is 0 Å². The molecular formula is C29H28F3N3O5S. The Kier molecular flexibility index (Phi) is 7.90. The van der Waals surface area contributed by atoms with Crippen molar-refractivity contribution in [3.63, 3.8) is 0 Å². The molecule has 0 unspecified atom stereocenters. The van der Waals surface area contributed by atoms with Crippen molar-refractivity contribution in [2.24, 2.45) is 0 Å². The van der Waals surface area contributed by atoms with Gasteiger partial charge in [-0.3, -0.25) is 9.59 Å². The van der Waals surface area contributed by atoms with E-state index in [0.717, 1.165) is 6.07 Å². The molecule has 0 aliphatic carbocycles. The van der Waals surface area contributed by atoms with Gasteiger partial charge in [0.25, 0.3) is 11.8 Å².